The Balaban J connectivity index is 4.94. The van der Waals surface area contributed by atoms with Gasteiger partial charge in [-0.1, -0.05) is 52.9 Å². The molecule has 0 atom stereocenters. The van der Waals surface area contributed by atoms with E-state index >= 15 is 0 Å². The number of aliphatic hydroxyl groups is 1. The largest absolute Gasteiger partial charge is 0.550 e. The molecule has 0 saturated carbocycles. The van der Waals surface area contributed by atoms with Crippen LogP contribution in [0.3, 0.4) is 0 Å². The molecule has 0 radical (unpaired) electrons. The Kier molecular flexibility index (Phi) is 13.7. The number of hydrogen-bond acceptors (Lipinski definition) is 3. The van der Waals surface area contributed by atoms with Crippen molar-refractivity contribution in [1.82, 2.24) is 0 Å². The van der Waals surface area contributed by atoms with Crippen LogP contribution in [0.15, 0.2) is 12.0 Å². The van der Waals surface area contributed by atoms with Crippen LogP contribution >= 0.6 is 0 Å². The molecule has 0 fully saturated rings. The van der Waals surface area contributed by atoms with E-state index in [1.165, 1.54) is 12.8 Å². The standard InChI is InChI=1S/C20H39NO3/c1-4-7-10-11-13-19(22)18-21(15-8-5-2,16-9-6-3)17-12-14-20(23)24/h18H,4-17H2,1-3H3,(H-,22,23,24)/b19-18-. The second-order valence-corrected chi connectivity index (χ2v) is 7.00. The van der Waals surface area contributed by atoms with Crippen LogP contribution < -0.4 is 5.11 Å². The number of allylic oxidation sites excluding steroid dienone is 1. The minimum atomic E-state index is -0.980. The molecule has 0 aliphatic rings. The maximum Gasteiger partial charge on any atom is 0.145 e. The van der Waals surface area contributed by atoms with Gasteiger partial charge in [0.15, 0.2) is 0 Å². The molecule has 4 nitrogen and oxygen atoms in total. The summed E-state index contributed by atoms with van der Waals surface area (Å²) in [5, 5.41) is 21.2. The van der Waals surface area contributed by atoms with Gasteiger partial charge in [0.2, 0.25) is 0 Å². The number of carbonyl (C=O) groups is 1. The van der Waals surface area contributed by atoms with Crippen molar-refractivity contribution in [2.24, 2.45) is 0 Å². The van der Waals surface area contributed by atoms with Gasteiger partial charge in [-0.3, -0.25) is 4.48 Å². The van der Waals surface area contributed by atoms with Gasteiger partial charge in [0.05, 0.1) is 19.6 Å². The molecule has 4 heteroatoms. The van der Waals surface area contributed by atoms with Gasteiger partial charge < -0.3 is 15.0 Å². The number of hydrogen-bond donors (Lipinski definition) is 1. The van der Waals surface area contributed by atoms with Crippen LogP contribution in [-0.4, -0.2) is 35.2 Å². The van der Waals surface area contributed by atoms with Gasteiger partial charge in [-0.15, -0.1) is 0 Å². The average Bonchev–Trinajstić information content (AvgIpc) is 2.54. The lowest BCUT2D eigenvalue weighted by molar-refractivity contribution is -0.881. The monoisotopic (exact) mass is 341 g/mol. The molecule has 0 heterocycles. The Morgan fingerprint density at radius 2 is 1.38 bits per heavy atom. The van der Waals surface area contributed by atoms with Crippen LogP contribution in [0.1, 0.15) is 91.4 Å². The van der Waals surface area contributed by atoms with Crippen molar-refractivity contribution >= 4 is 5.97 Å². The maximum absolute atomic E-state index is 10.8. The Morgan fingerprint density at radius 3 is 1.88 bits per heavy atom. The highest BCUT2D eigenvalue weighted by Crippen LogP contribution is 2.19. The zero-order chi connectivity index (χ0) is 18.3. The average molecular weight is 342 g/mol. The molecule has 0 aliphatic carbocycles. The topological polar surface area (TPSA) is 60.4 Å². The SMILES string of the molecule is CCCCCC/C(O)=C/[N+](CCCC)(CCCC)CCCC(=O)[O-]. The van der Waals surface area contributed by atoms with Crippen molar-refractivity contribution in [2.75, 3.05) is 19.6 Å². The molecule has 0 amide bonds. The predicted molar refractivity (Wildman–Crippen MR) is 98.4 cm³/mol. The normalized spacial score (nSPS) is 12.5. The quantitative estimate of drug-likeness (QED) is 0.259. The number of carboxylic acid groups (broad SMARTS) is 1. The zero-order valence-electron chi connectivity index (χ0n) is 16.2. The fraction of sp³-hybridized carbons (Fsp3) is 0.850. The molecule has 0 unspecified atom stereocenters. The van der Waals surface area contributed by atoms with Crippen LogP contribution in [0.5, 0.6) is 0 Å². The maximum atomic E-state index is 10.8. The van der Waals surface area contributed by atoms with Crippen molar-refractivity contribution in [1.29, 1.82) is 0 Å². The molecule has 0 rings (SSSR count). The molecule has 0 spiro atoms. The first kappa shape index (κ1) is 23.0. The fourth-order valence-electron chi connectivity index (χ4n) is 3.13. The Morgan fingerprint density at radius 1 is 0.833 bits per heavy atom. The minimum absolute atomic E-state index is 0.101. The molecule has 0 aromatic carbocycles. The third kappa shape index (κ3) is 11.5. The first-order valence-corrected chi connectivity index (χ1v) is 9.96. The lowest BCUT2D eigenvalue weighted by Crippen LogP contribution is -2.46. The number of rotatable bonds is 16. The fourth-order valence-corrected chi connectivity index (χ4v) is 3.13. The molecule has 0 aromatic rings. The second-order valence-electron chi connectivity index (χ2n) is 7.00. The van der Waals surface area contributed by atoms with E-state index in [9.17, 15) is 15.0 Å². The lowest BCUT2D eigenvalue weighted by atomic mass is 10.1. The van der Waals surface area contributed by atoms with Crippen molar-refractivity contribution < 1.29 is 19.5 Å². The molecule has 0 aromatic heterocycles. The summed E-state index contributed by atoms with van der Waals surface area (Å²) < 4.78 is 0.717. The Bertz CT molecular complexity index is 345. The summed E-state index contributed by atoms with van der Waals surface area (Å²) in [5.41, 5.74) is 0. The highest BCUT2D eigenvalue weighted by molar-refractivity contribution is 5.64. The van der Waals surface area contributed by atoms with Crippen molar-refractivity contribution in [2.45, 2.75) is 91.4 Å². The number of nitrogens with zero attached hydrogens (tertiary/aromatic N) is 1. The second kappa shape index (κ2) is 14.3. The Hall–Kier alpha value is -1.03. The van der Waals surface area contributed by atoms with Crippen molar-refractivity contribution in [3.05, 3.63) is 12.0 Å². The van der Waals surface area contributed by atoms with Crippen LogP contribution in [-0.2, 0) is 4.79 Å². The summed E-state index contributed by atoms with van der Waals surface area (Å²) in [6, 6.07) is 0. The van der Waals surface area contributed by atoms with E-state index in [0.29, 0.717) is 16.7 Å². The summed E-state index contributed by atoms with van der Waals surface area (Å²) in [4.78, 5) is 10.8. The molecular formula is C20H39NO3. The highest BCUT2D eigenvalue weighted by atomic mass is 16.4. The summed E-state index contributed by atoms with van der Waals surface area (Å²) in [5.74, 6) is -0.501. The zero-order valence-corrected chi connectivity index (χ0v) is 16.2. The van der Waals surface area contributed by atoms with Crippen LogP contribution in [0.4, 0.5) is 0 Å². The van der Waals surface area contributed by atoms with Gasteiger partial charge in [0.25, 0.3) is 0 Å². The molecule has 24 heavy (non-hydrogen) atoms. The molecule has 0 bridgehead atoms. The van der Waals surface area contributed by atoms with Crippen LogP contribution in [0, 0.1) is 0 Å². The van der Waals surface area contributed by atoms with Gasteiger partial charge in [-0.2, -0.15) is 0 Å². The van der Waals surface area contributed by atoms with Crippen molar-refractivity contribution in [3.8, 4) is 0 Å². The molecule has 142 valence electrons. The number of carbonyl (C=O) groups excluding carboxylic acids is 1. The number of aliphatic carboxylic acids is 1. The van der Waals surface area contributed by atoms with Gasteiger partial charge in [0.1, 0.15) is 12.0 Å². The third-order valence-corrected chi connectivity index (χ3v) is 4.61. The van der Waals surface area contributed by atoms with E-state index in [1.807, 2.05) is 6.20 Å². The van der Waals surface area contributed by atoms with Crippen molar-refractivity contribution in [3.63, 3.8) is 0 Å². The van der Waals surface area contributed by atoms with Crippen LogP contribution in [0.2, 0.25) is 0 Å². The molecule has 0 aliphatic heterocycles. The lowest BCUT2D eigenvalue weighted by Gasteiger charge is -2.35. The first-order valence-electron chi connectivity index (χ1n) is 9.96. The number of carboxylic acids is 1. The van der Waals surface area contributed by atoms with E-state index in [4.69, 9.17) is 0 Å². The number of aliphatic hydroxyl groups excluding tert-OH is 1. The van der Waals surface area contributed by atoms with Crippen LogP contribution in [0.25, 0.3) is 0 Å². The smallest absolute Gasteiger partial charge is 0.145 e. The number of quaternary nitrogens is 1. The first-order chi connectivity index (χ1) is 11.5. The van der Waals surface area contributed by atoms with Gasteiger partial charge in [0, 0.05) is 18.8 Å². The van der Waals surface area contributed by atoms with Gasteiger partial charge in [-0.05, 0) is 25.7 Å². The van der Waals surface area contributed by atoms with E-state index in [2.05, 4.69) is 20.8 Å². The predicted octanol–water partition coefficient (Wildman–Crippen LogP) is 4.30. The van der Waals surface area contributed by atoms with Gasteiger partial charge >= 0.3 is 0 Å². The van der Waals surface area contributed by atoms with Gasteiger partial charge in [-0.25, -0.2) is 0 Å². The van der Waals surface area contributed by atoms with E-state index in [1.54, 1.807) is 0 Å². The minimum Gasteiger partial charge on any atom is -0.550 e. The summed E-state index contributed by atoms with van der Waals surface area (Å²) >= 11 is 0. The summed E-state index contributed by atoms with van der Waals surface area (Å²) in [7, 11) is 0. The van der Waals surface area contributed by atoms with E-state index in [-0.39, 0.29) is 6.42 Å². The Labute approximate surface area is 149 Å². The highest BCUT2D eigenvalue weighted by Gasteiger charge is 2.25. The van der Waals surface area contributed by atoms with E-state index < -0.39 is 5.97 Å². The summed E-state index contributed by atoms with van der Waals surface area (Å²) in [6.07, 6.45) is 12.5. The third-order valence-electron chi connectivity index (χ3n) is 4.61. The number of unbranched alkanes of at least 4 members (excludes halogenated alkanes) is 5. The molecular weight excluding hydrogens is 302 g/mol. The van der Waals surface area contributed by atoms with E-state index in [0.717, 1.165) is 64.6 Å². The molecule has 1 N–H and O–H groups in total. The molecule has 0 saturated heterocycles. The summed E-state index contributed by atoms with van der Waals surface area (Å²) in [6.45, 7) is 9.25.